The van der Waals surface area contributed by atoms with Crippen molar-refractivity contribution < 1.29 is 12.6 Å². The number of nitrogens with zero attached hydrogens (tertiary/aromatic N) is 1. The van der Waals surface area contributed by atoms with Crippen molar-refractivity contribution in [1.29, 1.82) is 0 Å². The summed E-state index contributed by atoms with van der Waals surface area (Å²) in [7, 11) is -3.46. The van der Waals surface area contributed by atoms with Gasteiger partial charge in [-0.1, -0.05) is 29.8 Å². The Morgan fingerprint density at radius 3 is 2.62 bits per heavy atom. The summed E-state index contributed by atoms with van der Waals surface area (Å²) in [4.78, 5) is 0. The van der Waals surface area contributed by atoms with Gasteiger partial charge in [0.15, 0.2) is 0 Å². The van der Waals surface area contributed by atoms with Gasteiger partial charge in [-0.3, -0.25) is 4.18 Å². The standard InChI is InChI=1S/C11H13NO3S/c1-8-2-4-9(5-3-8)11-10-6-7-15-16(13,14)12(10)11/h2-5,10-11H,6-7H2,1H3/t10-,11-,12?/m1/s1. The fourth-order valence-electron chi connectivity index (χ4n) is 2.32. The molecule has 1 unspecified atom stereocenters. The highest BCUT2D eigenvalue weighted by atomic mass is 32.2. The molecule has 0 N–H and O–H groups in total. The Balaban J connectivity index is 1.91. The van der Waals surface area contributed by atoms with Crippen LogP contribution in [-0.2, 0) is 14.5 Å². The molecule has 0 aliphatic carbocycles. The van der Waals surface area contributed by atoms with Crippen molar-refractivity contribution in [1.82, 2.24) is 4.31 Å². The van der Waals surface area contributed by atoms with Crippen molar-refractivity contribution in [2.24, 2.45) is 0 Å². The van der Waals surface area contributed by atoms with Crippen LogP contribution in [0.4, 0.5) is 0 Å². The number of rotatable bonds is 1. The maximum absolute atomic E-state index is 11.6. The van der Waals surface area contributed by atoms with E-state index in [2.05, 4.69) is 0 Å². The third-order valence-electron chi connectivity index (χ3n) is 3.20. The quantitative estimate of drug-likeness (QED) is 0.696. The lowest BCUT2D eigenvalue weighted by molar-refractivity contribution is 0.265. The largest absolute Gasteiger partial charge is 0.339 e. The summed E-state index contributed by atoms with van der Waals surface area (Å²) >= 11 is 0. The maximum atomic E-state index is 11.6. The van der Waals surface area contributed by atoms with Crippen LogP contribution in [0.5, 0.6) is 0 Å². The molecular formula is C11H13NO3S. The molecule has 0 saturated carbocycles. The van der Waals surface area contributed by atoms with Crippen LogP contribution in [0.25, 0.3) is 0 Å². The third kappa shape index (κ3) is 1.47. The summed E-state index contributed by atoms with van der Waals surface area (Å²) in [6, 6.07) is 8.11. The molecule has 0 amide bonds. The van der Waals surface area contributed by atoms with E-state index in [0.717, 1.165) is 12.0 Å². The lowest BCUT2D eigenvalue weighted by atomic mass is 10.1. The lowest BCUT2D eigenvalue weighted by Gasteiger charge is -2.10. The van der Waals surface area contributed by atoms with Crippen molar-refractivity contribution in [2.75, 3.05) is 6.61 Å². The molecular weight excluding hydrogens is 226 g/mol. The van der Waals surface area contributed by atoms with Crippen molar-refractivity contribution in [3.05, 3.63) is 35.4 Å². The first-order valence-corrected chi connectivity index (χ1v) is 6.70. The fourth-order valence-corrected chi connectivity index (χ4v) is 3.78. The van der Waals surface area contributed by atoms with Gasteiger partial charge in [-0.05, 0) is 18.9 Å². The summed E-state index contributed by atoms with van der Waals surface area (Å²) in [5.74, 6) is 0. The SMILES string of the molecule is Cc1ccc([C@@H]2[C@H]3CCOS(=O)(=O)N32)cc1. The van der Waals surface area contributed by atoms with Crippen LogP contribution in [-0.4, -0.2) is 25.4 Å². The molecule has 3 rings (SSSR count). The van der Waals surface area contributed by atoms with Crippen molar-refractivity contribution in [2.45, 2.75) is 25.4 Å². The topological polar surface area (TPSA) is 46.4 Å². The molecule has 5 heteroatoms. The molecule has 1 aromatic rings. The van der Waals surface area contributed by atoms with Gasteiger partial charge in [0.25, 0.3) is 0 Å². The molecule has 2 aliphatic rings. The lowest BCUT2D eigenvalue weighted by Crippen LogP contribution is -2.23. The van der Waals surface area contributed by atoms with E-state index in [0.29, 0.717) is 6.61 Å². The highest BCUT2D eigenvalue weighted by molar-refractivity contribution is 7.84. The maximum Gasteiger partial charge on any atom is 0.339 e. The molecule has 0 aromatic heterocycles. The van der Waals surface area contributed by atoms with Gasteiger partial charge in [0.2, 0.25) is 0 Å². The predicted octanol–water partition coefficient (Wildman–Crippen LogP) is 1.39. The Morgan fingerprint density at radius 1 is 1.31 bits per heavy atom. The molecule has 86 valence electrons. The van der Waals surface area contributed by atoms with E-state index in [1.807, 2.05) is 31.2 Å². The van der Waals surface area contributed by atoms with Crippen LogP contribution in [0.2, 0.25) is 0 Å². The zero-order valence-electron chi connectivity index (χ0n) is 8.96. The van der Waals surface area contributed by atoms with Crippen LogP contribution in [0.3, 0.4) is 0 Å². The molecule has 16 heavy (non-hydrogen) atoms. The van der Waals surface area contributed by atoms with Gasteiger partial charge >= 0.3 is 10.3 Å². The van der Waals surface area contributed by atoms with E-state index in [1.54, 1.807) is 0 Å². The van der Waals surface area contributed by atoms with Crippen molar-refractivity contribution in [3.8, 4) is 0 Å². The average Bonchev–Trinajstić information content (AvgIpc) is 2.94. The Labute approximate surface area is 95.1 Å². The number of hydrogen-bond acceptors (Lipinski definition) is 3. The molecule has 0 radical (unpaired) electrons. The van der Waals surface area contributed by atoms with E-state index in [-0.39, 0.29) is 12.1 Å². The summed E-state index contributed by atoms with van der Waals surface area (Å²) < 4.78 is 29.4. The van der Waals surface area contributed by atoms with E-state index < -0.39 is 10.3 Å². The minimum atomic E-state index is -3.46. The average molecular weight is 239 g/mol. The Morgan fingerprint density at radius 2 is 2.00 bits per heavy atom. The highest BCUT2D eigenvalue weighted by Gasteiger charge is 2.58. The van der Waals surface area contributed by atoms with Crippen LogP contribution < -0.4 is 0 Å². The molecule has 4 nitrogen and oxygen atoms in total. The summed E-state index contributed by atoms with van der Waals surface area (Å²) in [6.07, 6.45) is 0.789. The molecule has 1 aromatic carbocycles. The molecule has 2 fully saturated rings. The van der Waals surface area contributed by atoms with E-state index in [1.165, 1.54) is 9.87 Å². The monoisotopic (exact) mass is 239 g/mol. The van der Waals surface area contributed by atoms with Crippen LogP contribution in [0.1, 0.15) is 23.6 Å². The molecule has 2 aliphatic heterocycles. The summed E-state index contributed by atoms with van der Waals surface area (Å²) in [5.41, 5.74) is 2.24. The fraction of sp³-hybridized carbons (Fsp3) is 0.455. The smallest absolute Gasteiger partial charge is 0.258 e. The van der Waals surface area contributed by atoms with E-state index in [9.17, 15) is 8.42 Å². The Bertz CT molecular complexity index is 509. The summed E-state index contributed by atoms with van der Waals surface area (Å²) in [5, 5.41) is 0. The second-order valence-corrected chi connectivity index (χ2v) is 5.83. The second-order valence-electron chi connectivity index (χ2n) is 4.32. The molecule has 2 saturated heterocycles. The van der Waals surface area contributed by atoms with Crippen molar-refractivity contribution >= 4 is 10.3 Å². The first kappa shape index (κ1) is 10.3. The molecule has 3 atom stereocenters. The van der Waals surface area contributed by atoms with Gasteiger partial charge in [-0.15, -0.1) is 0 Å². The van der Waals surface area contributed by atoms with Crippen LogP contribution in [0, 0.1) is 6.92 Å². The zero-order chi connectivity index (χ0) is 11.3. The van der Waals surface area contributed by atoms with Gasteiger partial charge in [-0.2, -0.15) is 12.7 Å². The van der Waals surface area contributed by atoms with Crippen LogP contribution >= 0.6 is 0 Å². The van der Waals surface area contributed by atoms with Gasteiger partial charge < -0.3 is 0 Å². The van der Waals surface area contributed by atoms with E-state index >= 15 is 0 Å². The van der Waals surface area contributed by atoms with Crippen LogP contribution in [0.15, 0.2) is 24.3 Å². The number of aryl methyl sites for hydroxylation is 1. The van der Waals surface area contributed by atoms with Gasteiger partial charge in [0.05, 0.1) is 18.7 Å². The zero-order valence-corrected chi connectivity index (χ0v) is 9.78. The summed E-state index contributed by atoms with van der Waals surface area (Å²) in [6.45, 7) is 2.33. The Kier molecular flexibility index (Phi) is 2.11. The van der Waals surface area contributed by atoms with Gasteiger partial charge in [-0.25, -0.2) is 0 Å². The third-order valence-corrected chi connectivity index (χ3v) is 4.68. The first-order chi connectivity index (χ1) is 7.59. The first-order valence-electron chi connectivity index (χ1n) is 5.34. The predicted molar refractivity (Wildman–Crippen MR) is 59.0 cm³/mol. The van der Waals surface area contributed by atoms with Gasteiger partial charge in [0.1, 0.15) is 0 Å². The highest BCUT2D eigenvalue weighted by Crippen LogP contribution is 2.50. The van der Waals surface area contributed by atoms with Gasteiger partial charge in [0, 0.05) is 0 Å². The molecule has 2 heterocycles. The normalized spacial score (nSPS) is 35.4. The number of hydrogen-bond donors (Lipinski definition) is 0. The number of fused-ring (bicyclic) bond motifs is 1. The second kappa shape index (κ2) is 3.29. The van der Waals surface area contributed by atoms with Crippen molar-refractivity contribution in [3.63, 3.8) is 0 Å². The molecule has 0 bridgehead atoms. The number of benzene rings is 1. The van der Waals surface area contributed by atoms with E-state index in [4.69, 9.17) is 4.18 Å². The minimum absolute atomic E-state index is 0.00639. The minimum Gasteiger partial charge on any atom is -0.258 e. The molecule has 0 spiro atoms. The Hall–Kier alpha value is -0.910.